The maximum Gasteiger partial charge on any atom is 0.260 e. The fourth-order valence-electron chi connectivity index (χ4n) is 3.96. The van der Waals surface area contributed by atoms with E-state index in [0.29, 0.717) is 34.4 Å². The summed E-state index contributed by atoms with van der Waals surface area (Å²) in [7, 11) is 0. The first kappa shape index (κ1) is 22.8. The number of amides is 4. The molecule has 2 fully saturated rings. The van der Waals surface area contributed by atoms with Gasteiger partial charge < -0.3 is 9.47 Å². The molecule has 0 unspecified atom stereocenters. The summed E-state index contributed by atoms with van der Waals surface area (Å²) in [6, 6.07) is 20.2. The average molecular weight is 480 g/mol. The molecular weight excluding hydrogens is 460 g/mol. The lowest BCUT2D eigenvalue weighted by atomic mass is 10.2. The molecule has 0 saturated carbocycles. The van der Waals surface area contributed by atoms with Crippen LogP contribution >= 0.6 is 0 Å². The molecule has 2 saturated heterocycles. The Balaban J connectivity index is 1.28. The van der Waals surface area contributed by atoms with Crippen LogP contribution in [0.4, 0.5) is 11.4 Å². The third-order valence-corrected chi connectivity index (χ3v) is 5.69. The first-order valence-corrected chi connectivity index (χ1v) is 11.1. The standard InChI is InChI=1S/C28H20N2O6/c1-17-13-25(31)29(27(17)33)19-5-3-7-23(15-19)35-21-9-11-22(12-10-21)36-24-8-4-6-20(16-24)30-26(32)14-18(2)28(30)34/h3-12,15-16H,1-2,13-14H2. The van der Waals surface area contributed by atoms with Gasteiger partial charge in [-0.1, -0.05) is 25.3 Å². The van der Waals surface area contributed by atoms with E-state index in [1.165, 1.54) is 0 Å². The summed E-state index contributed by atoms with van der Waals surface area (Å²) < 4.78 is 11.8. The largest absolute Gasteiger partial charge is 0.457 e. The molecule has 0 spiro atoms. The van der Waals surface area contributed by atoms with E-state index in [0.717, 1.165) is 9.80 Å². The number of anilines is 2. The van der Waals surface area contributed by atoms with E-state index in [1.807, 2.05) is 0 Å². The van der Waals surface area contributed by atoms with Crippen LogP contribution in [0.3, 0.4) is 0 Å². The van der Waals surface area contributed by atoms with Gasteiger partial charge in [0.15, 0.2) is 0 Å². The highest BCUT2D eigenvalue weighted by Gasteiger charge is 2.34. The molecule has 0 bridgehead atoms. The molecule has 8 heteroatoms. The predicted octanol–water partition coefficient (Wildman–Crippen LogP) is 4.91. The molecule has 2 aliphatic heterocycles. The maximum atomic E-state index is 12.2. The third kappa shape index (κ3) is 4.27. The quantitative estimate of drug-likeness (QED) is 0.368. The van der Waals surface area contributed by atoms with E-state index in [-0.39, 0.29) is 35.8 Å². The van der Waals surface area contributed by atoms with Gasteiger partial charge in [-0.25, -0.2) is 9.80 Å². The van der Waals surface area contributed by atoms with Crippen molar-refractivity contribution in [2.45, 2.75) is 12.8 Å². The van der Waals surface area contributed by atoms with E-state index in [4.69, 9.17) is 9.47 Å². The van der Waals surface area contributed by atoms with Crippen LogP contribution in [0.2, 0.25) is 0 Å². The second-order valence-electron chi connectivity index (χ2n) is 8.30. The molecule has 0 N–H and O–H groups in total. The van der Waals surface area contributed by atoms with Gasteiger partial charge in [0.05, 0.1) is 24.2 Å². The molecule has 0 atom stereocenters. The first-order valence-electron chi connectivity index (χ1n) is 11.1. The number of carbonyl (C=O) groups excluding carboxylic acids is 4. The van der Waals surface area contributed by atoms with Gasteiger partial charge in [0.2, 0.25) is 11.8 Å². The Hall–Kier alpha value is -4.98. The molecule has 8 nitrogen and oxygen atoms in total. The Labute approximate surface area is 206 Å². The SMILES string of the molecule is C=C1CC(=O)N(c2cccc(Oc3ccc(Oc4cccc(N5C(=O)CC(=C)C5=O)c4)cc3)c2)C1=O. The van der Waals surface area contributed by atoms with Crippen LogP contribution in [-0.2, 0) is 19.2 Å². The molecule has 3 aromatic carbocycles. The van der Waals surface area contributed by atoms with Crippen LogP contribution in [0.25, 0.3) is 0 Å². The van der Waals surface area contributed by atoms with Gasteiger partial charge in [-0.2, -0.15) is 0 Å². The lowest BCUT2D eigenvalue weighted by Crippen LogP contribution is -2.28. The fourth-order valence-corrected chi connectivity index (χ4v) is 3.96. The summed E-state index contributed by atoms with van der Waals surface area (Å²) in [6.07, 6.45) is 0.0163. The van der Waals surface area contributed by atoms with Gasteiger partial charge in [-0.05, 0) is 48.5 Å². The summed E-state index contributed by atoms with van der Waals surface area (Å²) in [5.74, 6) is 0.471. The number of nitrogens with zero attached hydrogens (tertiary/aromatic N) is 2. The number of benzene rings is 3. The highest BCUT2D eigenvalue weighted by molar-refractivity contribution is 6.28. The molecule has 2 heterocycles. The van der Waals surface area contributed by atoms with Crippen molar-refractivity contribution in [2.24, 2.45) is 0 Å². The van der Waals surface area contributed by atoms with E-state index in [9.17, 15) is 19.2 Å². The molecular formula is C28H20N2O6. The Bertz CT molecular complexity index is 1350. The summed E-state index contributed by atoms with van der Waals surface area (Å²) in [5, 5.41) is 0. The van der Waals surface area contributed by atoms with Crippen molar-refractivity contribution >= 4 is 35.0 Å². The second kappa shape index (κ2) is 8.99. The van der Waals surface area contributed by atoms with Gasteiger partial charge in [0.1, 0.15) is 23.0 Å². The minimum absolute atomic E-state index is 0.00816. The molecule has 5 rings (SSSR count). The molecule has 36 heavy (non-hydrogen) atoms. The Morgan fingerprint density at radius 3 is 1.28 bits per heavy atom. The minimum Gasteiger partial charge on any atom is -0.457 e. The molecule has 0 aliphatic carbocycles. The monoisotopic (exact) mass is 480 g/mol. The average Bonchev–Trinajstić information content (AvgIpc) is 3.26. The van der Waals surface area contributed by atoms with Gasteiger partial charge in [0, 0.05) is 23.3 Å². The van der Waals surface area contributed by atoms with Crippen molar-refractivity contribution in [2.75, 3.05) is 9.80 Å². The zero-order valence-electron chi connectivity index (χ0n) is 19.1. The van der Waals surface area contributed by atoms with Crippen LogP contribution in [0.5, 0.6) is 23.0 Å². The molecule has 178 valence electrons. The predicted molar refractivity (Wildman–Crippen MR) is 132 cm³/mol. The highest BCUT2D eigenvalue weighted by atomic mass is 16.5. The Morgan fingerprint density at radius 1 is 0.556 bits per heavy atom. The summed E-state index contributed by atoms with van der Waals surface area (Å²) >= 11 is 0. The number of hydrogen-bond donors (Lipinski definition) is 0. The summed E-state index contributed by atoms with van der Waals surface area (Å²) in [5.41, 5.74) is 1.35. The van der Waals surface area contributed by atoms with Crippen molar-refractivity contribution in [1.82, 2.24) is 0 Å². The zero-order chi connectivity index (χ0) is 25.4. The number of rotatable bonds is 6. The first-order chi connectivity index (χ1) is 17.3. The smallest absolute Gasteiger partial charge is 0.260 e. The third-order valence-electron chi connectivity index (χ3n) is 5.69. The molecule has 2 aliphatic rings. The Morgan fingerprint density at radius 2 is 0.944 bits per heavy atom. The Kier molecular flexibility index (Phi) is 5.69. The van der Waals surface area contributed by atoms with Gasteiger partial charge >= 0.3 is 0 Å². The fraction of sp³-hybridized carbons (Fsp3) is 0.0714. The van der Waals surface area contributed by atoms with Crippen LogP contribution in [-0.4, -0.2) is 23.6 Å². The van der Waals surface area contributed by atoms with Crippen molar-refractivity contribution in [1.29, 1.82) is 0 Å². The van der Waals surface area contributed by atoms with Crippen LogP contribution in [0.1, 0.15) is 12.8 Å². The van der Waals surface area contributed by atoms with Crippen molar-refractivity contribution in [3.8, 4) is 23.0 Å². The van der Waals surface area contributed by atoms with Crippen molar-refractivity contribution in [3.05, 3.63) is 97.1 Å². The molecule has 0 radical (unpaired) electrons. The van der Waals surface area contributed by atoms with Crippen LogP contribution in [0.15, 0.2) is 97.1 Å². The van der Waals surface area contributed by atoms with E-state index >= 15 is 0 Å². The van der Waals surface area contributed by atoms with Crippen LogP contribution in [0, 0.1) is 0 Å². The number of ether oxygens (including phenoxy) is 2. The summed E-state index contributed by atoms with van der Waals surface area (Å²) in [4.78, 5) is 50.9. The van der Waals surface area contributed by atoms with E-state index in [2.05, 4.69) is 13.2 Å². The molecule has 4 amide bonds. The topological polar surface area (TPSA) is 93.2 Å². The van der Waals surface area contributed by atoms with Crippen molar-refractivity contribution in [3.63, 3.8) is 0 Å². The highest BCUT2D eigenvalue weighted by Crippen LogP contribution is 2.33. The van der Waals surface area contributed by atoms with Gasteiger partial charge in [0.25, 0.3) is 11.8 Å². The lowest BCUT2D eigenvalue weighted by molar-refractivity contribution is -0.122. The number of hydrogen-bond acceptors (Lipinski definition) is 6. The van der Waals surface area contributed by atoms with E-state index < -0.39 is 11.8 Å². The number of carbonyl (C=O) groups is 4. The van der Waals surface area contributed by atoms with Gasteiger partial charge in [-0.15, -0.1) is 0 Å². The minimum atomic E-state index is -0.411. The second-order valence-corrected chi connectivity index (χ2v) is 8.30. The molecule has 3 aromatic rings. The number of imide groups is 2. The van der Waals surface area contributed by atoms with Crippen molar-refractivity contribution < 1.29 is 28.7 Å². The maximum absolute atomic E-state index is 12.2. The normalized spacial score (nSPS) is 15.8. The van der Waals surface area contributed by atoms with E-state index in [1.54, 1.807) is 72.8 Å². The zero-order valence-corrected chi connectivity index (χ0v) is 19.1. The summed E-state index contributed by atoms with van der Waals surface area (Å²) in [6.45, 7) is 7.27. The molecule has 0 aromatic heterocycles. The van der Waals surface area contributed by atoms with Crippen LogP contribution < -0.4 is 19.3 Å². The van der Waals surface area contributed by atoms with Gasteiger partial charge in [-0.3, -0.25) is 19.2 Å². The lowest BCUT2D eigenvalue weighted by Gasteiger charge is -2.15.